The average molecular weight is 286 g/mol. The smallest absolute Gasteiger partial charge is 0.190 e. The highest BCUT2D eigenvalue weighted by molar-refractivity contribution is 7.99. The van der Waals surface area contributed by atoms with Crippen LogP contribution in [0.4, 0.5) is 5.82 Å². The Labute approximate surface area is 123 Å². The zero-order valence-electron chi connectivity index (χ0n) is 11.9. The highest BCUT2D eigenvalue weighted by Gasteiger charge is 2.04. The van der Waals surface area contributed by atoms with Gasteiger partial charge in [-0.1, -0.05) is 55.9 Å². The van der Waals surface area contributed by atoms with Gasteiger partial charge in [-0.05, 0) is 12.5 Å². The van der Waals surface area contributed by atoms with Crippen LogP contribution in [0.25, 0.3) is 0 Å². The number of aryl methyl sites for hydroxylation is 1. The molecule has 0 saturated heterocycles. The number of nitrogens with one attached hydrogen (secondary N) is 1. The van der Waals surface area contributed by atoms with Gasteiger partial charge in [-0.3, -0.25) is 5.43 Å². The van der Waals surface area contributed by atoms with Gasteiger partial charge in [-0.25, -0.2) is 9.97 Å². The maximum atomic E-state index is 4.43. The number of hydrazone groups is 1. The number of nitrogens with zero attached hydrogens (tertiary/aromatic N) is 3. The molecule has 0 atom stereocenters. The van der Waals surface area contributed by atoms with Crippen LogP contribution < -0.4 is 5.43 Å². The molecule has 104 valence electrons. The second-order valence-electron chi connectivity index (χ2n) is 4.62. The third-order valence-corrected chi connectivity index (χ3v) is 3.23. The Balaban J connectivity index is 2.05. The van der Waals surface area contributed by atoms with Crippen molar-refractivity contribution in [3.8, 4) is 0 Å². The van der Waals surface area contributed by atoms with Gasteiger partial charge in [0, 0.05) is 17.0 Å². The monoisotopic (exact) mass is 286 g/mol. The first kappa shape index (κ1) is 14.5. The van der Waals surface area contributed by atoms with Crippen molar-refractivity contribution in [2.45, 2.75) is 31.2 Å². The SMILES string of the molecule is Cc1cc(N/N=C\c2ccccc2)nc(SC(C)C)n1. The van der Waals surface area contributed by atoms with Gasteiger partial charge in [-0.2, -0.15) is 5.10 Å². The van der Waals surface area contributed by atoms with E-state index in [1.54, 1.807) is 18.0 Å². The summed E-state index contributed by atoms with van der Waals surface area (Å²) in [6.07, 6.45) is 1.77. The van der Waals surface area contributed by atoms with E-state index in [9.17, 15) is 0 Å². The molecule has 2 rings (SSSR count). The Hall–Kier alpha value is -1.88. The fourth-order valence-electron chi connectivity index (χ4n) is 1.57. The average Bonchev–Trinajstić information content (AvgIpc) is 2.38. The quantitative estimate of drug-likeness (QED) is 0.394. The Morgan fingerprint density at radius 2 is 1.95 bits per heavy atom. The number of anilines is 1. The summed E-state index contributed by atoms with van der Waals surface area (Å²) in [6, 6.07) is 11.8. The largest absolute Gasteiger partial charge is 0.261 e. The lowest BCUT2D eigenvalue weighted by Gasteiger charge is -2.06. The molecule has 1 heterocycles. The summed E-state index contributed by atoms with van der Waals surface area (Å²) in [6.45, 7) is 6.20. The van der Waals surface area contributed by atoms with E-state index in [-0.39, 0.29) is 0 Å². The topological polar surface area (TPSA) is 50.2 Å². The molecule has 1 aromatic heterocycles. The van der Waals surface area contributed by atoms with E-state index in [4.69, 9.17) is 0 Å². The van der Waals surface area contributed by atoms with Crippen LogP contribution in [0.15, 0.2) is 46.7 Å². The molecule has 2 aromatic rings. The zero-order valence-corrected chi connectivity index (χ0v) is 12.7. The van der Waals surface area contributed by atoms with Crippen molar-refractivity contribution in [3.63, 3.8) is 0 Å². The zero-order chi connectivity index (χ0) is 14.4. The van der Waals surface area contributed by atoms with Crippen molar-refractivity contribution < 1.29 is 0 Å². The molecule has 0 bridgehead atoms. The van der Waals surface area contributed by atoms with E-state index in [2.05, 4.69) is 34.3 Å². The summed E-state index contributed by atoms with van der Waals surface area (Å²) < 4.78 is 0. The van der Waals surface area contributed by atoms with E-state index in [1.807, 2.05) is 43.3 Å². The first-order valence-electron chi connectivity index (χ1n) is 6.50. The maximum Gasteiger partial charge on any atom is 0.190 e. The first-order valence-corrected chi connectivity index (χ1v) is 7.38. The fraction of sp³-hybridized carbons (Fsp3) is 0.267. The van der Waals surface area contributed by atoms with Gasteiger partial charge >= 0.3 is 0 Å². The summed E-state index contributed by atoms with van der Waals surface area (Å²) in [5, 5.41) is 5.43. The molecule has 0 saturated carbocycles. The number of hydrogen-bond donors (Lipinski definition) is 1. The number of rotatable bonds is 5. The van der Waals surface area contributed by atoms with Crippen LogP contribution in [0, 0.1) is 6.92 Å². The lowest BCUT2D eigenvalue weighted by Crippen LogP contribution is -2.00. The third-order valence-electron chi connectivity index (χ3n) is 2.37. The predicted octanol–water partition coefficient (Wildman–Crippen LogP) is 3.73. The molecule has 1 N–H and O–H groups in total. The van der Waals surface area contributed by atoms with Gasteiger partial charge < -0.3 is 0 Å². The molecule has 4 nitrogen and oxygen atoms in total. The Morgan fingerprint density at radius 3 is 2.65 bits per heavy atom. The molecule has 0 aliphatic heterocycles. The van der Waals surface area contributed by atoms with Gasteiger partial charge in [-0.15, -0.1) is 0 Å². The standard InChI is InChI=1S/C15H18N4S/c1-11(2)20-15-17-12(3)9-14(18-15)19-16-10-13-7-5-4-6-8-13/h4-11H,1-3H3,(H,17,18,19)/b16-10-. The first-order chi connectivity index (χ1) is 9.63. The van der Waals surface area contributed by atoms with E-state index in [0.717, 1.165) is 16.4 Å². The van der Waals surface area contributed by atoms with Crippen LogP contribution in [0.1, 0.15) is 25.1 Å². The molecular weight excluding hydrogens is 268 g/mol. The molecular formula is C15H18N4S. The van der Waals surface area contributed by atoms with Crippen molar-refractivity contribution in [2.24, 2.45) is 5.10 Å². The minimum Gasteiger partial charge on any atom is -0.261 e. The lowest BCUT2D eigenvalue weighted by molar-refractivity contribution is 0.922. The minimum absolute atomic E-state index is 0.456. The molecule has 5 heteroatoms. The molecule has 0 radical (unpaired) electrons. The Kier molecular flexibility index (Phi) is 5.12. The molecule has 0 aliphatic carbocycles. The van der Waals surface area contributed by atoms with E-state index in [0.29, 0.717) is 11.1 Å². The molecule has 0 aliphatic rings. The van der Waals surface area contributed by atoms with Gasteiger partial charge in [0.25, 0.3) is 0 Å². The lowest BCUT2D eigenvalue weighted by atomic mass is 10.2. The highest BCUT2D eigenvalue weighted by Crippen LogP contribution is 2.20. The molecule has 1 aromatic carbocycles. The highest BCUT2D eigenvalue weighted by atomic mass is 32.2. The number of hydrogen-bond acceptors (Lipinski definition) is 5. The minimum atomic E-state index is 0.456. The van der Waals surface area contributed by atoms with Gasteiger partial charge in [0.1, 0.15) is 0 Å². The summed E-state index contributed by atoms with van der Waals surface area (Å²) in [5.41, 5.74) is 4.93. The fourth-order valence-corrected chi connectivity index (χ4v) is 2.34. The molecule has 0 fully saturated rings. The van der Waals surface area contributed by atoms with E-state index >= 15 is 0 Å². The number of benzene rings is 1. The molecule has 0 unspecified atom stereocenters. The molecule has 0 amide bonds. The second kappa shape index (κ2) is 7.05. The summed E-state index contributed by atoms with van der Waals surface area (Å²) >= 11 is 1.64. The van der Waals surface area contributed by atoms with Gasteiger partial charge in [0.15, 0.2) is 11.0 Å². The van der Waals surface area contributed by atoms with Crippen LogP contribution in [0.5, 0.6) is 0 Å². The Bertz CT molecular complexity index is 582. The molecule has 0 spiro atoms. The predicted molar refractivity (Wildman–Crippen MR) is 85.4 cm³/mol. The van der Waals surface area contributed by atoms with Crippen LogP contribution in [0.2, 0.25) is 0 Å². The Morgan fingerprint density at radius 1 is 1.20 bits per heavy atom. The second-order valence-corrected chi connectivity index (χ2v) is 6.17. The normalized spacial score (nSPS) is 11.2. The number of thioether (sulfide) groups is 1. The van der Waals surface area contributed by atoms with Crippen molar-refractivity contribution in [2.75, 3.05) is 5.43 Å². The van der Waals surface area contributed by atoms with Crippen LogP contribution in [0.3, 0.4) is 0 Å². The van der Waals surface area contributed by atoms with E-state index < -0.39 is 0 Å². The van der Waals surface area contributed by atoms with Gasteiger partial charge in [0.05, 0.1) is 6.21 Å². The molecule has 20 heavy (non-hydrogen) atoms. The van der Waals surface area contributed by atoms with Crippen LogP contribution >= 0.6 is 11.8 Å². The van der Waals surface area contributed by atoms with Gasteiger partial charge in [0.2, 0.25) is 0 Å². The van der Waals surface area contributed by atoms with Crippen molar-refractivity contribution >= 4 is 23.8 Å². The van der Waals surface area contributed by atoms with Crippen molar-refractivity contribution in [1.29, 1.82) is 0 Å². The maximum absolute atomic E-state index is 4.43. The van der Waals surface area contributed by atoms with Crippen molar-refractivity contribution in [1.82, 2.24) is 9.97 Å². The van der Waals surface area contributed by atoms with Crippen LogP contribution in [-0.2, 0) is 0 Å². The van der Waals surface area contributed by atoms with E-state index in [1.165, 1.54) is 0 Å². The summed E-state index contributed by atoms with van der Waals surface area (Å²) in [4.78, 5) is 8.83. The number of aromatic nitrogens is 2. The van der Waals surface area contributed by atoms with Crippen molar-refractivity contribution in [3.05, 3.63) is 47.7 Å². The summed E-state index contributed by atoms with van der Waals surface area (Å²) in [5.74, 6) is 0.716. The summed E-state index contributed by atoms with van der Waals surface area (Å²) in [7, 11) is 0. The third kappa shape index (κ3) is 4.66. The van der Waals surface area contributed by atoms with Crippen LogP contribution in [-0.4, -0.2) is 21.4 Å².